The molecule has 112 valence electrons. The fourth-order valence-electron chi connectivity index (χ4n) is 1.94. The average molecular weight is 282 g/mol. The van der Waals surface area contributed by atoms with E-state index in [0.29, 0.717) is 13.0 Å². The third-order valence-corrected chi connectivity index (χ3v) is 3.16. The Morgan fingerprint density at radius 2 is 1.95 bits per heavy atom. The summed E-state index contributed by atoms with van der Waals surface area (Å²) in [4.78, 5) is 12.0. The lowest BCUT2D eigenvalue weighted by Crippen LogP contribution is -2.44. The number of carbonyl (C=O) groups excluding carboxylic acids is 1. The fourth-order valence-corrected chi connectivity index (χ4v) is 1.94. The number of nitrogens with two attached hydrogens (primary N) is 1. The normalized spacial score (nSPS) is 14.1. The van der Waals surface area contributed by atoms with Gasteiger partial charge in [-0.25, -0.2) is 4.39 Å². The first-order valence-electron chi connectivity index (χ1n) is 6.76. The van der Waals surface area contributed by atoms with Crippen LogP contribution in [0.4, 0.5) is 4.39 Å². The van der Waals surface area contributed by atoms with Crippen LogP contribution in [0.15, 0.2) is 24.3 Å². The number of hydrogen-bond donors (Lipinski definition) is 2. The molecule has 0 saturated heterocycles. The van der Waals surface area contributed by atoms with Crippen molar-refractivity contribution in [1.82, 2.24) is 5.32 Å². The molecule has 1 rings (SSSR count). The minimum absolute atomic E-state index is 0.180. The van der Waals surface area contributed by atoms with Gasteiger partial charge in [0.2, 0.25) is 5.91 Å². The van der Waals surface area contributed by atoms with Crippen molar-refractivity contribution in [3.8, 4) is 0 Å². The number of nitrogens with one attached hydrogen (secondary N) is 1. The molecular weight excluding hydrogens is 259 g/mol. The molecule has 0 fully saturated rings. The number of ether oxygens (including phenoxy) is 1. The molecule has 20 heavy (non-hydrogen) atoms. The molecule has 5 heteroatoms. The van der Waals surface area contributed by atoms with Crippen LogP contribution in [0.5, 0.6) is 0 Å². The minimum atomic E-state index is -0.600. The number of halogens is 1. The Balaban J connectivity index is 2.72. The average Bonchev–Trinajstić information content (AvgIpc) is 2.42. The third-order valence-electron chi connectivity index (χ3n) is 3.16. The van der Waals surface area contributed by atoms with E-state index in [0.717, 1.165) is 5.56 Å². The van der Waals surface area contributed by atoms with Crippen molar-refractivity contribution < 1.29 is 13.9 Å². The van der Waals surface area contributed by atoms with Crippen LogP contribution in [0.25, 0.3) is 0 Å². The molecular formula is C15H23FN2O2. The minimum Gasteiger partial charge on any atom is -0.385 e. The first-order chi connectivity index (χ1) is 9.45. The van der Waals surface area contributed by atoms with Crippen LogP contribution in [-0.4, -0.2) is 25.7 Å². The topological polar surface area (TPSA) is 64.3 Å². The molecule has 1 aromatic carbocycles. The molecule has 0 aliphatic carbocycles. The second kappa shape index (κ2) is 7.97. The zero-order chi connectivity index (χ0) is 15.1. The van der Waals surface area contributed by atoms with Gasteiger partial charge in [0, 0.05) is 13.7 Å². The van der Waals surface area contributed by atoms with E-state index in [1.165, 1.54) is 12.1 Å². The number of hydrogen-bond acceptors (Lipinski definition) is 3. The predicted octanol–water partition coefficient (Wildman–Crippen LogP) is 2.00. The predicted molar refractivity (Wildman–Crippen MR) is 76.6 cm³/mol. The first kappa shape index (κ1) is 16.6. The molecule has 2 unspecified atom stereocenters. The summed E-state index contributed by atoms with van der Waals surface area (Å²) in [6, 6.07) is 5.36. The maximum atomic E-state index is 13.0. The van der Waals surface area contributed by atoms with E-state index in [4.69, 9.17) is 10.5 Å². The van der Waals surface area contributed by atoms with Crippen molar-refractivity contribution in [3.05, 3.63) is 35.6 Å². The van der Waals surface area contributed by atoms with Gasteiger partial charge in [-0.3, -0.25) is 4.79 Å². The summed E-state index contributed by atoms with van der Waals surface area (Å²) in [6.45, 7) is 4.43. The molecule has 1 aromatic rings. The molecule has 0 spiro atoms. The van der Waals surface area contributed by atoms with Crippen molar-refractivity contribution in [1.29, 1.82) is 0 Å². The van der Waals surface area contributed by atoms with Gasteiger partial charge in [0.05, 0.1) is 12.1 Å². The van der Waals surface area contributed by atoms with Gasteiger partial charge in [-0.2, -0.15) is 0 Å². The zero-order valence-electron chi connectivity index (χ0n) is 12.2. The Kier molecular flexibility index (Phi) is 6.61. The summed E-state index contributed by atoms with van der Waals surface area (Å²) >= 11 is 0. The van der Waals surface area contributed by atoms with E-state index in [-0.39, 0.29) is 23.7 Å². The SMILES string of the molecule is COCCC(N)C(=O)NC(c1ccc(F)cc1)C(C)C. The Morgan fingerprint density at radius 3 is 2.45 bits per heavy atom. The van der Waals surface area contributed by atoms with Crippen molar-refractivity contribution >= 4 is 5.91 Å². The van der Waals surface area contributed by atoms with Crippen LogP contribution >= 0.6 is 0 Å². The van der Waals surface area contributed by atoms with Crippen molar-refractivity contribution in [2.45, 2.75) is 32.4 Å². The second-order valence-corrected chi connectivity index (χ2v) is 5.17. The van der Waals surface area contributed by atoms with Gasteiger partial charge >= 0.3 is 0 Å². The highest BCUT2D eigenvalue weighted by atomic mass is 19.1. The fraction of sp³-hybridized carbons (Fsp3) is 0.533. The molecule has 0 heterocycles. The first-order valence-corrected chi connectivity index (χ1v) is 6.76. The molecule has 1 amide bonds. The van der Waals surface area contributed by atoms with Gasteiger partial charge in [0.15, 0.2) is 0 Å². The number of rotatable bonds is 7. The summed E-state index contributed by atoms with van der Waals surface area (Å²) in [5, 5.41) is 2.92. The smallest absolute Gasteiger partial charge is 0.237 e. The van der Waals surface area contributed by atoms with Gasteiger partial charge < -0.3 is 15.8 Å². The lowest BCUT2D eigenvalue weighted by Gasteiger charge is -2.24. The standard InChI is InChI=1S/C15H23FN2O2/c1-10(2)14(11-4-6-12(16)7-5-11)18-15(19)13(17)8-9-20-3/h4-7,10,13-14H,8-9,17H2,1-3H3,(H,18,19). The van der Waals surface area contributed by atoms with Crippen LogP contribution in [0, 0.1) is 11.7 Å². The molecule has 0 radical (unpaired) electrons. The van der Waals surface area contributed by atoms with Crippen molar-refractivity contribution in [3.63, 3.8) is 0 Å². The molecule has 2 atom stereocenters. The summed E-state index contributed by atoms with van der Waals surface area (Å²) in [5.41, 5.74) is 6.67. The zero-order valence-corrected chi connectivity index (χ0v) is 12.2. The van der Waals surface area contributed by atoms with E-state index in [1.807, 2.05) is 13.8 Å². The Morgan fingerprint density at radius 1 is 1.35 bits per heavy atom. The number of benzene rings is 1. The Hall–Kier alpha value is -1.46. The van der Waals surface area contributed by atoms with Crippen LogP contribution in [0.1, 0.15) is 31.9 Å². The number of carbonyl (C=O) groups is 1. The third kappa shape index (κ3) is 4.90. The summed E-state index contributed by atoms with van der Waals surface area (Å²) in [5.74, 6) is -0.330. The summed E-state index contributed by atoms with van der Waals surface area (Å²) < 4.78 is 17.9. The van der Waals surface area contributed by atoms with Gasteiger partial charge in [-0.15, -0.1) is 0 Å². The summed E-state index contributed by atoms with van der Waals surface area (Å²) in [6.07, 6.45) is 0.469. The molecule has 3 N–H and O–H groups in total. The van der Waals surface area contributed by atoms with Crippen molar-refractivity contribution in [2.24, 2.45) is 11.7 Å². The highest BCUT2D eigenvalue weighted by molar-refractivity contribution is 5.81. The Bertz CT molecular complexity index is 420. The maximum Gasteiger partial charge on any atom is 0.237 e. The monoisotopic (exact) mass is 282 g/mol. The number of amides is 1. The van der Waals surface area contributed by atoms with Gasteiger partial charge in [0.1, 0.15) is 5.82 Å². The van der Waals surface area contributed by atoms with Gasteiger partial charge in [-0.05, 0) is 30.0 Å². The molecule has 4 nitrogen and oxygen atoms in total. The van der Waals surface area contributed by atoms with E-state index in [9.17, 15) is 9.18 Å². The second-order valence-electron chi connectivity index (χ2n) is 5.17. The lowest BCUT2D eigenvalue weighted by molar-refractivity contribution is -0.123. The van der Waals surface area contributed by atoms with Gasteiger partial charge in [0.25, 0.3) is 0 Å². The molecule has 0 aromatic heterocycles. The van der Waals surface area contributed by atoms with E-state index in [2.05, 4.69) is 5.32 Å². The van der Waals surface area contributed by atoms with Crippen LogP contribution in [0.3, 0.4) is 0 Å². The van der Waals surface area contributed by atoms with Crippen LogP contribution in [-0.2, 0) is 9.53 Å². The quantitative estimate of drug-likeness (QED) is 0.804. The largest absolute Gasteiger partial charge is 0.385 e. The molecule has 0 saturated carbocycles. The van der Waals surface area contributed by atoms with E-state index in [1.54, 1.807) is 19.2 Å². The molecule has 0 aliphatic rings. The highest BCUT2D eigenvalue weighted by Crippen LogP contribution is 2.22. The molecule has 0 bridgehead atoms. The Labute approximate surface area is 119 Å². The lowest BCUT2D eigenvalue weighted by atomic mass is 9.95. The highest BCUT2D eigenvalue weighted by Gasteiger charge is 2.21. The van der Waals surface area contributed by atoms with Crippen molar-refractivity contribution in [2.75, 3.05) is 13.7 Å². The van der Waals surface area contributed by atoms with Crippen LogP contribution < -0.4 is 11.1 Å². The van der Waals surface area contributed by atoms with Gasteiger partial charge in [-0.1, -0.05) is 26.0 Å². The maximum absolute atomic E-state index is 13.0. The van der Waals surface area contributed by atoms with E-state index < -0.39 is 6.04 Å². The number of methoxy groups -OCH3 is 1. The van der Waals surface area contributed by atoms with E-state index >= 15 is 0 Å². The van der Waals surface area contributed by atoms with Crippen LogP contribution in [0.2, 0.25) is 0 Å². The summed E-state index contributed by atoms with van der Waals surface area (Å²) in [7, 11) is 1.57. The molecule has 0 aliphatic heterocycles.